The van der Waals surface area contributed by atoms with Gasteiger partial charge in [0, 0.05) is 16.5 Å². The molecule has 0 saturated carbocycles. The summed E-state index contributed by atoms with van der Waals surface area (Å²) >= 11 is 1.85. The molecule has 4 heterocycles. The van der Waals surface area contributed by atoms with Gasteiger partial charge in [-0.1, -0.05) is 13.8 Å². The number of carbonyl (C=O) groups is 1. The van der Waals surface area contributed by atoms with Gasteiger partial charge in [-0.15, -0.1) is 0 Å². The molecule has 3 aromatic rings. The Morgan fingerprint density at radius 1 is 1.27 bits per heavy atom. The molecule has 7 nitrogen and oxygen atoms in total. The zero-order chi connectivity index (χ0) is 21.2. The third kappa shape index (κ3) is 2.49. The minimum atomic E-state index is -1.82. The quantitative estimate of drug-likeness (QED) is 0.331. The highest BCUT2D eigenvalue weighted by molar-refractivity contribution is 14.1. The maximum Gasteiger partial charge on any atom is 0.343 e. The van der Waals surface area contributed by atoms with Crippen LogP contribution in [0.15, 0.2) is 29.1 Å². The van der Waals surface area contributed by atoms with Crippen LogP contribution >= 0.6 is 23.0 Å². The number of aryl methyl sites for hydroxylation is 1. The first-order valence-corrected chi connectivity index (χ1v) is 10.7. The van der Waals surface area contributed by atoms with E-state index in [2.05, 4.69) is 6.92 Å². The molecule has 0 spiro atoms. The number of carbonyl (C=O) groups excluding carboxylic acids is 1. The first-order chi connectivity index (χ1) is 14.4. The highest BCUT2D eigenvalue weighted by Crippen LogP contribution is 2.40. The number of halogens is 1. The molecule has 1 N–H and O–H groups in total. The molecule has 0 fully saturated rings. The molecule has 5 rings (SSSR count). The maximum absolute atomic E-state index is 13.3. The monoisotopic (exact) mass is 518 g/mol. The van der Waals surface area contributed by atoms with Gasteiger partial charge in [-0.05, 0) is 42.7 Å². The maximum atomic E-state index is 13.3. The summed E-state index contributed by atoms with van der Waals surface area (Å²) in [6.45, 7) is 4.05. The van der Waals surface area contributed by atoms with Gasteiger partial charge in [0.15, 0.2) is 28.6 Å². The Labute approximate surface area is 186 Å². The van der Waals surface area contributed by atoms with Crippen molar-refractivity contribution in [3.8, 4) is 17.1 Å². The van der Waals surface area contributed by atoms with Crippen LogP contribution < -0.4 is 8.63 Å². The van der Waals surface area contributed by atoms with Crippen LogP contribution in [-0.4, -0.2) is 20.6 Å². The molecule has 2 aliphatic heterocycles. The number of aromatic nitrogens is 2. The normalized spacial score (nSPS) is 19.3. The molecule has 1 atom stereocenters. The van der Waals surface area contributed by atoms with Crippen LogP contribution in [0.25, 0.3) is 22.3 Å². The number of esters is 1. The fourth-order valence-corrected chi connectivity index (χ4v) is 4.87. The van der Waals surface area contributed by atoms with Gasteiger partial charge in [0.2, 0.25) is 0 Å². The van der Waals surface area contributed by atoms with Crippen molar-refractivity contribution in [2.45, 2.75) is 45.4 Å². The highest BCUT2D eigenvalue weighted by atomic mass is 127. The molecule has 0 radical (unpaired) electrons. The van der Waals surface area contributed by atoms with E-state index in [0.717, 1.165) is 39.9 Å². The first kappa shape index (κ1) is 19.5. The van der Waals surface area contributed by atoms with Crippen LogP contribution in [0.5, 0.6) is 5.75 Å². The van der Waals surface area contributed by atoms with Gasteiger partial charge in [-0.25, -0.2) is 9.78 Å². The molecule has 0 unspecified atom stereocenters. The van der Waals surface area contributed by atoms with Crippen molar-refractivity contribution in [2.75, 3.05) is 0 Å². The lowest BCUT2D eigenvalue weighted by Gasteiger charge is -2.31. The molecule has 0 amide bonds. The third-order valence-electron chi connectivity index (χ3n) is 6.22. The summed E-state index contributed by atoms with van der Waals surface area (Å²) in [5.74, 6) is 0.0264. The topological polar surface area (TPSA) is 90.6 Å². The molecule has 30 heavy (non-hydrogen) atoms. The standard InChI is InChI=1S/C22H19IN2O5/c1-3-12-13-7-11(30-23)5-6-17(13)24-19-14(12)9-25-18(19)8-16-15(20(25)26)10-29-21(27)22(16,28)4-2/h5-8,28H,3-4,9-10H2,1-2H3/t22-/m0/s1. The van der Waals surface area contributed by atoms with E-state index in [4.69, 9.17) is 12.8 Å². The van der Waals surface area contributed by atoms with Gasteiger partial charge in [0.1, 0.15) is 12.4 Å². The van der Waals surface area contributed by atoms with Gasteiger partial charge >= 0.3 is 5.97 Å². The van der Waals surface area contributed by atoms with Crippen LogP contribution in [0.4, 0.5) is 0 Å². The first-order valence-electron chi connectivity index (χ1n) is 9.84. The number of fused-ring (bicyclic) bond motifs is 5. The van der Waals surface area contributed by atoms with Crippen molar-refractivity contribution in [1.82, 2.24) is 9.55 Å². The lowest BCUT2D eigenvalue weighted by Crippen LogP contribution is -2.44. The average Bonchev–Trinajstić information content (AvgIpc) is 3.13. The Morgan fingerprint density at radius 3 is 2.77 bits per heavy atom. The Hall–Kier alpha value is -2.46. The van der Waals surface area contributed by atoms with E-state index in [9.17, 15) is 14.7 Å². The van der Waals surface area contributed by atoms with E-state index in [-0.39, 0.29) is 18.6 Å². The number of hydrogen-bond donors (Lipinski definition) is 1. The zero-order valence-electron chi connectivity index (χ0n) is 16.5. The molecule has 8 heteroatoms. The summed E-state index contributed by atoms with van der Waals surface area (Å²) in [6, 6.07) is 7.47. The van der Waals surface area contributed by atoms with Crippen LogP contribution in [0.2, 0.25) is 0 Å². The zero-order valence-corrected chi connectivity index (χ0v) is 18.6. The Kier molecular flexibility index (Phi) is 4.41. The SMILES string of the molecule is CCc1c2c(nc3ccc(OI)cc13)-c1cc3c(c(=O)n1C2)COC(=O)[C@]3(O)CC. The second-order valence-corrected chi connectivity index (χ2v) is 8.07. The lowest BCUT2D eigenvalue weighted by molar-refractivity contribution is -0.172. The molecule has 2 aromatic heterocycles. The number of rotatable bonds is 3. The molecule has 0 aliphatic carbocycles. The summed E-state index contributed by atoms with van der Waals surface area (Å²) in [4.78, 5) is 30.4. The Morgan fingerprint density at radius 2 is 2.07 bits per heavy atom. The van der Waals surface area contributed by atoms with Crippen LogP contribution in [-0.2, 0) is 34.7 Å². The van der Waals surface area contributed by atoms with Crippen LogP contribution in [0.1, 0.15) is 42.5 Å². The van der Waals surface area contributed by atoms with E-state index < -0.39 is 11.6 Å². The van der Waals surface area contributed by atoms with Crippen LogP contribution in [0, 0.1) is 0 Å². The highest BCUT2D eigenvalue weighted by Gasteiger charge is 2.45. The molecular formula is C22H19IN2O5. The van der Waals surface area contributed by atoms with Gasteiger partial charge in [0.05, 0.1) is 29.0 Å². The number of ether oxygens (including phenoxy) is 1. The van der Waals surface area contributed by atoms with Gasteiger partial charge < -0.3 is 17.5 Å². The van der Waals surface area contributed by atoms with E-state index in [1.807, 2.05) is 41.2 Å². The summed E-state index contributed by atoms with van der Waals surface area (Å²) in [5.41, 5.74) is 2.86. The predicted octanol–water partition coefficient (Wildman–Crippen LogP) is 3.37. The van der Waals surface area contributed by atoms with Crippen molar-refractivity contribution in [1.29, 1.82) is 0 Å². The van der Waals surface area contributed by atoms with E-state index in [1.54, 1.807) is 17.6 Å². The predicted molar refractivity (Wildman–Crippen MR) is 119 cm³/mol. The largest absolute Gasteiger partial charge is 0.458 e. The molecular weight excluding hydrogens is 499 g/mol. The van der Waals surface area contributed by atoms with Gasteiger partial charge in [-0.3, -0.25) is 4.79 Å². The summed E-state index contributed by atoms with van der Waals surface area (Å²) < 4.78 is 12.1. The van der Waals surface area contributed by atoms with Crippen molar-refractivity contribution in [3.63, 3.8) is 0 Å². The summed E-state index contributed by atoms with van der Waals surface area (Å²) in [6.07, 6.45) is 0.897. The van der Waals surface area contributed by atoms with Crippen molar-refractivity contribution >= 4 is 39.9 Å². The van der Waals surface area contributed by atoms with E-state index in [1.165, 1.54) is 0 Å². The number of nitrogens with zero attached hydrogens (tertiary/aromatic N) is 2. The molecule has 0 bridgehead atoms. The number of aliphatic hydroxyl groups is 1. The van der Waals surface area contributed by atoms with Gasteiger partial charge in [-0.2, -0.15) is 0 Å². The molecule has 0 saturated heterocycles. The lowest BCUT2D eigenvalue weighted by atomic mass is 9.86. The molecule has 154 valence electrons. The Bertz CT molecular complexity index is 1300. The van der Waals surface area contributed by atoms with E-state index >= 15 is 0 Å². The number of benzene rings is 1. The summed E-state index contributed by atoms with van der Waals surface area (Å²) in [7, 11) is 0. The third-order valence-corrected chi connectivity index (χ3v) is 6.73. The minimum absolute atomic E-state index is 0.124. The number of cyclic esters (lactones) is 1. The second-order valence-electron chi connectivity index (χ2n) is 7.63. The Balaban J connectivity index is 1.81. The minimum Gasteiger partial charge on any atom is -0.458 e. The van der Waals surface area contributed by atoms with Crippen LogP contribution in [0.3, 0.4) is 0 Å². The number of hydrogen-bond acceptors (Lipinski definition) is 6. The number of pyridine rings is 2. The molecule has 1 aromatic carbocycles. The molecule has 2 aliphatic rings. The van der Waals surface area contributed by atoms with Crippen molar-refractivity contribution < 1.29 is 17.7 Å². The average molecular weight is 518 g/mol. The fraction of sp³-hybridized carbons (Fsp3) is 0.318. The smallest absolute Gasteiger partial charge is 0.343 e. The summed E-state index contributed by atoms with van der Waals surface area (Å²) in [5, 5.41) is 12.0. The van der Waals surface area contributed by atoms with E-state index in [0.29, 0.717) is 23.4 Å². The van der Waals surface area contributed by atoms with Gasteiger partial charge in [0.25, 0.3) is 5.56 Å². The fourth-order valence-electron chi connectivity index (χ4n) is 4.59. The van der Waals surface area contributed by atoms with Crippen molar-refractivity contribution in [2.24, 2.45) is 0 Å². The second kappa shape index (κ2) is 6.78. The van der Waals surface area contributed by atoms with Crippen molar-refractivity contribution in [3.05, 3.63) is 56.9 Å².